The quantitative estimate of drug-likeness (QED) is 0.314. The van der Waals surface area contributed by atoms with Gasteiger partial charge < -0.3 is 9.40 Å². The van der Waals surface area contributed by atoms with Crippen molar-refractivity contribution in [1.82, 2.24) is 35.1 Å². The number of hydrogen-bond acceptors (Lipinski definition) is 7. The van der Waals surface area contributed by atoms with Crippen LogP contribution in [-0.4, -0.2) is 35.1 Å². The van der Waals surface area contributed by atoms with Gasteiger partial charge in [-0.2, -0.15) is 0 Å². The molecule has 0 saturated heterocycles. The van der Waals surface area contributed by atoms with Crippen molar-refractivity contribution in [3.63, 3.8) is 0 Å². The van der Waals surface area contributed by atoms with Crippen molar-refractivity contribution in [1.29, 1.82) is 0 Å². The molecule has 0 saturated carbocycles. The zero-order valence-corrected chi connectivity index (χ0v) is 20.5. The molecule has 9 heteroatoms. The fourth-order valence-electron chi connectivity index (χ4n) is 4.57. The third-order valence-electron chi connectivity index (χ3n) is 6.30. The number of nitrogens with one attached hydrogen (secondary N) is 1. The van der Waals surface area contributed by atoms with E-state index in [0.29, 0.717) is 25.2 Å². The van der Waals surface area contributed by atoms with E-state index in [1.54, 1.807) is 17.1 Å². The third kappa shape index (κ3) is 5.26. The Balaban J connectivity index is 1.54. The highest BCUT2D eigenvalue weighted by molar-refractivity contribution is 5.79. The van der Waals surface area contributed by atoms with E-state index in [9.17, 15) is 4.79 Å². The summed E-state index contributed by atoms with van der Waals surface area (Å²) in [7, 11) is 0. The molecule has 9 nitrogen and oxygen atoms in total. The summed E-state index contributed by atoms with van der Waals surface area (Å²) in [4.78, 5) is 22.7. The molecular formula is C27H29N7O2. The molecule has 0 aliphatic heterocycles. The lowest BCUT2D eigenvalue weighted by molar-refractivity contribution is 0.155. The molecule has 1 N–H and O–H groups in total. The maximum absolute atomic E-state index is 13.1. The summed E-state index contributed by atoms with van der Waals surface area (Å²) in [6.45, 7) is 5.66. The van der Waals surface area contributed by atoms with E-state index in [4.69, 9.17) is 4.42 Å². The molecule has 0 bridgehead atoms. The van der Waals surface area contributed by atoms with Gasteiger partial charge in [-0.1, -0.05) is 31.0 Å². The topological polar surface area (TPSA) is 106 Å². The zero-order valence-electron chi connectivity index (χ0n) is 20.5. The largest absolute Gasteiger partial charge is 0.467 e. The summed E-state index contributed by atoms with van der Waals surface area (Å²) in [5.41, 5.74) is 3.64. The maximum atomic E-state index is 13.1. The highest BCUT2D eigenvalue weighted by atomic mass is 16.3. The highest BCUT2D eigenvalue weighted by Crippen LogP contribution is 2.28. The van der Waals surface area contributed by atoms with E-state index in [0.717, 1.165) is 46.5 Å². The molecule has 0 radical (unpaired) electrons. The van der Waals surface area contributed by atoms with Crippen LogP contribution in [0.25, 0.3) is 10.9 Å². The number of furan rings is 1. The van der Waals surface area contributed by atoms with Gasteiger partial charge in [-0.05, 0) is 71.1 Å². The molecule has 1 atom stereocenters. The predicted molar refractivity (Wildman–Crippen MR) is 136 cm³/mol. The first-order valence-corrected chi connectivity index (χ1v) is 12.1. The molecule has 36 heavy (non-hydrogen) atoms. The number of rotatable bonds is 10. The second-order valence-corrected chi connectivity index (χ2v) is 9.06. The lowest BCUT2D eigenvalue weighted by Gasteiger charge is -2.30. The minimum absolute atomic E-state index is 0.0898. The fourth-order valence-corrected chi connectivity index (χ4v) is 4.57. The molecule has 0 aliphatic carbocycles. The van der Waals surface area contributed by atoms with E-state index in [1.165, 1.54) is 0 Å². The Kier molecular flexibility index (Phi) is 6.99. The number of hydrogen-bond donors (Lipinski definition) is 1. The lowest BCUT2D eigenvalue weighted by Crippen LogP contribution is -2.32. The molecule has 0 fully saturated rings. The Morgan fingerprint density at radius 3 is 2.83 bits per heavy atom. The average Bonchev–Trinajstić information content (AvgIpc) is 3.56. The molecule has 0 unspecified atom stereocenters. The number of aromatic nitrogens is 6. The number of tetrazole rings is 1. The van der Waals surface area contributed by atoms with Gasteiger partial charge in [0.25, 0.3) is 5.56 Å². The summed E-state index contributed by atoms with van der Waals surface area (Å²) in [5, 5.41) is 13.7. The normalized spacial score (nSPS) is 12.4. The molecule has 0 spiro atoms. The van der Waals surface area contributed by atoms with Crippen LogP contribution in [0, 0.1) is 6.92 Å². The van der Waals surface area contributed by atoms with Crippen LogP contribution in [-0.2, 0) is 19.6 Å². The molecule has 4 heterocycles. The van der Waals surface area contributed by atoms with Crippen molar-refractivity contribution in [3.05, 3.63) is 106 Å². The van der Waals surface area contributed by atoms with E-state index in [-0.39, 0.29) is 11.6 Å². The van der Waals surface area contributed by atoms with Crippen molar-refractivity contribution in [2.45, 2.75) is 52.4 Å². The molecule has 4 aromatic heterocycles. The number of benzene rings is 1. The molecule has 1 aromatic carbocycles. The van der Waals surface area contributed by atoms with E-state index in [1.807, 2.05) is 48.7 Å². The minimum atomic E-state index is -0.118. The van der Waals surface area contributed by atoms with Crippen molar-refractivity contribution >= 4 is 10.9 Å². The number of fused-ring (bicyclic) bond motifs is 1. The SMILES string of the molecule is CCC[C@H](c1nnnn1Cc1ccco1)N(Cc1cccnc1)Cc1cc2cc(C)ccc2[nH]c1=O. The maximum Gasteiger partial charge on any atom is 0.252 e. The summed E-state index contributed by atoms with van der Waals surface area (Å²) in [6, 6.07) is 15.6. The fraction of sp³-hybridized carbons (Fsp3) is 0.296. The Morgan fingerprint density at radius 2 is 2.06 bits per heavy atom. The molecule has 5 aromatic rings. The Hall–Kier alpha value is -4.11. The number of pyridine rings is 2. The Bertz CT molecular complexity index is 1480. The highest BCUT2D eigenvalue weighted by Gasteiger charge is 2.27. The van der Waals surface area contributed by atoms with E-state index in [2.05, 4.69) is 50.3 Å². The second kappa shape index (κ2) is 10.7. The first kappa shape index (κ1) is 23.6. The molecule has 184 valence electrons. The van der Waals surface area contributed by atoms with Gasteiger partial charge in [0.1, 0.15) is 12.3 Å². The number of aromatic amines is 1. The van der Waals surface area contributed by atoms with Crippen molar-refractivity contribution in [2.75, 3.05) is 0 Å². The summed E-state index contributed by atoms with van der Waals surface area (Å²) in [5.74, 6) is 1.52. The minimum Gasteiger partial charge on any atom is -0.467 e. The predicted octanol–water partition coefficient (Wildman–Crippen LogP) is 4.40. The first-order chi connectivity index (χ1) is 17.6. The van der Waals surface area contributed by atoms with Gasteiger partial charge in [0.15, 0.2) is 5.82 Å². The Labute approximate surface area is 208 Å². The van der Waals surface area contributed by atoms with Crippen LogP contribution in [0.2, 0.25) is 0 Å². The van der Waals surface area contributed by atoms with Crippen LogP contribution in [0.4, 0.5) is 0 Å². The van der Waals surface area contributed by atoms with Gasteiger partial charge in [-0.3, -0.25) is 14.7 Å². The van der Waals surface area contributed by atoms with E-state index < -0.39 is 0 Å². The molecule has 5 rings (SSSR count). The van der Waals surface area contributed by atoms with Crippen LogP contribution in [0.3, 0.4) is 0 Å². The van der Waals surface area contributed by atoms with Gasteiger partial charge in [-0.25, -0.2) is 4.68 Å². The van der Waals surface area contributed by atoms with Crippen molar-refractivity contribution in [3.8, 4) is 0 Å². The van der Waals surface area contributed by atoms with Gasteiger partial charge in [-0.15, -0.1) is 5.10 Å². The zero-order chi connectivity index (χ0) is 24.9. The summed E-state index contributed by atoms with van der Waals surface area (Å²) < 4.78 is 7.32. The second-order valence-electron chi connectivity index (χ2n) is 9.06. The number of H-pyrrole nitrogens is 1. The lowest BCUT2D eigenvalue weighted by atomic mass is 10.1. The molecular weight excluding hydrogens is 454 g/mol. The monoisotopic (exact) mass is 483 g/mol. The molecule has 0 aliphatic rings. The van der Waals surface area contributed by atoms with Crippen LogP contribution in [0.1, 0.15) is 54.1 Å². The van der Waals surface area contributed by atoms with Gasteiger partial charge >= 0.3 is 0 Å². The van der Waals surface area contributed by atoms with Crippen molar-refractivity contribution < 1.29 is 4.42 Å². The first-order valence-electron chi connectivity index (χ1n) is 12.1. The van der Waals surface area contributed by atoms with E-state index >= 15 is 0 Å². The van der Waals surface area contributed by atoms with Gasteiger partial charge in [0, 0.05) is 36.6 Å². The van der Waals surface area contributed by atoms with Crippen LogP contribution in [0.15, 0.2) is 76.4 Å². The van der Waals surface area contributed by atoms with Crippen LogP contribution >= 0.6 is 0 Å². The van der Waals surface area contributed by atoms with Crippen LogP contribution < -0.4 is 5.56 Å². The summed E-state index contributed by atoms with van der Waals surface area (Å²) >= 11 is 0. The number of aryl methyl sites for hydroxylation is 1. The van der Waals surface area contributed by atoms with Gasteiger partial charge in [0.05, 0.1) is 12.3 Å². The third-order valence-corrected chi connectivity index (χ3v) is 6.30. The summed E-state index contributed by atoms with van der Waals surface area (Å²) in [6.07, 6.45) is 7.01. The van der Waals surface area contributed by atoms with Crippen LogP contribution in [0.5, 0.6) is 0 Å². The average molecular weight is 484 g/mol. The standard InChI is InChI=1S/C27H29N7O2/c1-3-6-25(26-30-31-32-34(26)18-23-8-5-12-36-23)33(16-20-7-4-11-28-15-20)17-22-14-21-13-19(2)9-10-24(21)29-27(22)35/h4-5,7-15,25H,3,6,16-18H2,1-2H3,(H,29,35)/t25-/m1/s1. The number of nitrogens with zero attached hydrogens (tertiary/aromatic N) is 6. The smallest absolute Gasteiger partial charge is 0.252 e. The Morgan fingerprint density at radius 1 is 1.14 bits per heavy atom. The molecule has 0 amide bonds. The van der Waals surface area contributed by atoms with Crippen molar-refractivity contribution in [2.24, 2.45) is 0 Å². The van der Waals surface area contributed by atoms with Gasteiger partial charge in [0.2, 0.25) is 0 Å².